The van der Waals surface area contributed by atoms with E-state index in [0.717, 1.165) is 17.7 Å². The molecule has 1 aromatic heterocycles. The largest absolute Gasteiger partial charge is 0.306 e. The van der Waals surface area contributed by atoms with Crippen molar-refractivity contribution in [2.24, 2.45) is 0 Å². The van der Waals surface area contributed by atoms with Crippen LogP contribution < -0.4 is 5.56 Å². The summed E-state index contributed by atoms with van der Waals surface area (Å²) in [6, 6.07) is 6.11. The van der Waals surface area contributed by atoms with Crippen LogP contribution in [0.1, 0.15) is 29.3 Å². The Morgan fingerprint density at radius 3 is 2.50 bits per heavy atom. The standard InChI is InChI=1S/C15H18N2O/c1-5-13-11(4)15(18)17-14(16-13)12-7-6-9(2)10(3)8-12/h6-8H,5H2,1-4H3,(H,16,17,18). The second-order valence-electron chi connectivity index (χ2n) is 4.64. The Kier molecular flexibility index (Phi) is 3.32. The Balaban J connectivity index is 2.60. The number of H-pyrrole nitrogens is 1. The van der Waals surface area contributed by atoms with Crippen LogP contribution in [0.2, 0.25) is 0 Å². The summed E-state index contributed by atoms with van der Waals surface area (Å²) in [4.78, 5) is 19.2. The summed E-state index contributed by atoms with van der Waals surface area (Å²) < 4.78 is 0. The van der Waals surface area contributed by atoms with Crippen LogP contribution in [0.25, 0.3) is 11.4 Å². The molecule has 0 radical (unpaired) electrons. The summed E-state index contributed by atoms with van der Waals surface area (Å²) in [5.41, 5.74) is 4.94. The van der Waals surface area contributed by atoms with Crippen molar-refractivity contribution in [3.05, 3.63) is 50.9 Å². The van der Waals surface area contributed by atoms with Gasteiger partial charge in [-0.1, -0.05) is 19.1 Å². The van der Waals surface area contributed by atoms with E-state index in [4.69, 9.17) is 0 Å². The summed E-state index contributed by atoms with van der Waals surface area (Å²) in [5.74, 6) is 0.658. The Labute approximate surface area is 107 Å². The third-order valence-corrected chi connectivity index (χ3v) is 3.37. The summed E-state index contributed by atoms with van der Waals surface area (Å²) in [5, 5.41) is 0. The topological polar surface area (TPSA) is 45.8 Å². The first-order chi connectivity index (χ1) is 8.52. The lowest BCUT2D eigenvalue weighted by atomic mass is 10.1. The van der Waals surface area contributed by atoms with Crippen LogP contribution in [-0.4, -0.2) is 9.97 Å². The van der Waals surface area contributed by atoms with Gasteiger partial charge in [-0.2, -0.15) is 0 Å². The summed E-state index contributed by atoms with van der Waals surface area (Å²) >= 11 is 0. The van der Waals surface area contributed by atoms with Crippen LogP contribution in [0.3, 0.4) is 0 Å². The molecule has 1 heterocycles. The molecule has 1 N–H and O–H groups in total. The minimum atomic E-state index is -0.0462. The number of nitrogens with zero attached hydrogens (tertiary/aromatic N) is 1. The van der Waals surface area contributed by atoms with E-state index in [9.17, 15) is 4.79 Å². The minimum absolute atomic E-state index is 0.0462. The van der Waals surface area contributed by atoms with Gasteiger partial charge in [-0.15, -0.1) is 0 Å². The van der Waals surface area contributed by atoms with E-state index >= 15 is 0 Å². The van der Waals surface area contributed by atoms with E-state index in [1.807, 2.05) is 19.9 Å². The molecule has 0 spiro atoms. The van der Waals surface area contributed by atoms with Crippen molar-refractivity contribution < 1.29 is 0 Å². The van der Waals surface area contributed by atoms with Crippen molar-refractivity contribution in [3.8, 4) is 11.4 Å². The van der Waals surface area contributed by atoms with Crippen molar-refractivity contribution in [2.45, 2.75) is 34.1 Å². The first-order valence-corrected chi connectivity index (χ1v) is 6.20. The molecule has 2 aromatic rings. The van der Waals surface area contributed by atoms with Crippen molar-refractivity contribution >= 4 is 0 Å². The minimum Gasteiger partial charge on any atom is -0.306 e. The lowest BCUT2D eigenvalue weighted by molar-refractivity contribution is 0.954. The number of rotatable bonds is 2. The molecule has 0 unspecified atom stereocenters. The van der Waals surface area contributed by atoms with Crippen LogP contribution >= 0.6 is 0 Å². The average Bonchev–Trinajstić information content (AvgIpc) is 2.36. The highest BCUT2D eigenvalue weighted by atomic mass is 16.1. The maximum atomic E-state index is 11.8. The molecular formula is C15H18N2O. The molecule has 0 saturated carbocycles. The molecule has 0 saturated heterocycles. The molecule has 0 fully saturated rings. The molecule has 0 amide bonds. The molecule has 0 aliphatic rings. The molecule has 3 nitrogen and oxygen atoms in total. The molecular weight excluding hydrogens is 224 g/mol. The van der Waals surface area contributed by atoms with Gasteiger partial charge < -0.3 is 4.98 Å². The van der Waals surface area contributed by atoms with Gasteiger partial charge >= 0.3 is 0 Å². The molecule has 0 aliphatic heterocycles. The van der Waals surface area contributed by atoms with Crippen LogP contribution in [0, 0.1) is 20.8 Å². The SMILES string of the molecule is CCc1nc(-c2ccc(C)c(C)c2)[nH]c(=O)c1C. The second-order valence-corrected chi connectivity index (χ2v) is 4.64. The van der Waals surface area contributed by atoms with Gasteiger partial charge in [0.15, 0.2) is 0 Å². The normalized spacial score (nSPS) is 10.7. The smallest absolute Gasteiger partial charge is 0.254 e. The maximum Gasteiger partial charge on any atom is 0.254 e. The lowest BCUT2D eigenvalue weighted by Crippen LogP contribution is -2.15. The van der Waals surface area contributed by atoms with Gasteiger partial charge in [0.2, 0.25) is 0 Å². The highest BCUT2D eigenvalue weighted by molar-refractivity contribution is 5.57. The highest BCUT2D eigenvalue weighted by Gasteiger charge is 2.08. The first kappa shape index (κ1) is 12.6. The number of aromatic amines is 1. The zero-order valence-corrected chi connectivity index (χ0v) is 11.3. The predicted molar refractivity (Wildman–Crippen MR) is 73.9 cm³/mol. The van der Waals surface area contributed by atoms with Crippen molar-refractivity contribution in [1.29, 1.82) is 0 Å². The van der Waals surface area contributed by atoms with Crippen molar-refractivity contribution in [1.82, 2.24) is 9.97 Å². The molecule has 2 rings (SSSR count). The van der Waals surface area contributed by atoms with E-state index in [-0.39, 0.29) is 5.56 Å². The fraction of sp³-hybridized carbons (Fsp3) is 0.333. The third kappa shape index (κ3) is 2.21. The van der Waals surface area contributed by atoms with E-state index in [1.54, 1.807) is 0 Å². The Morgan fingerprint density at radius 1 is 1.17 bits per heavy atom. The fourth-order valence-electron chi connectivity index (χ4n) is 1.95. The molecule has 3 heteroatoms. The Morgan fingerprint density at radius 2 is 1.89 bits per heavy atom. The highest BCUT2D eigenvalue weighted by Crippen LogP contribution is 2.18. The van der Waals surface area contributed by atoms with E-state index < -0.39 is 0 Å². The van der Waals surface area contributed by atoms with Gasteiger partial charge in [-0.05, 0) is 44.4 Å². The Hall–Kier alpha value is -1.90. The molecule has 94 valence electrons. The van der Waals surface area contributed by atoms with E-state index in [0.29, 0.717) is 11.4 Å². The van der Waals surface area contributed by atoms with Gasteiger partial charge in [0, 0.05) is 11.1 Å². The van der Waals surface area contributed by atoms with Crippen LogP contribution in [0.15, 0.2) is 23.0 Å². The lowest BCUT2D eigenvalue weighted by Gasteiger charge is -2.08. The number of aromatic nitrogens is 2. The van der Waals surface area contributed by atoms with Gasteiger partial charge in [-0.25, -0.2) is 4.98 Å². The first-order valence-electron chi connectivity index (χ1n) is 6.20. The van der Waals surface area contributed by atoms with Crippen LogP contribution in [0.5, 0.6) is 0 Å². The van der Waals surface area contributed by atoms with Crippen LogP contribution in [-0.2, 0) is 6.42 Å². The maximum absolute atomic E-state index is 11.8. The molecule has 0 bridgehead atoms. The third-order valence-electron chi connectivity index (χ3n) is 3.37. The average molecular weight is 242 g/mol. The summed E-state index contributed by atoms with van der Waals surface area (Å²) in [6.45, 7) is 7.96. The molecule has 18 heavy (non-hydrogen) atoms. The second kappa shape index (κ2) is 4.77. The summed E-state index contributed by atoms with van der Waals surface area (Å²) in [7, 11) is 0. The molecule has 0 atom stereocenters. The number of aryl methyl sites for hydroxylation is 3. The zero-order chi connectivity index (χ0) is 13.3. The van der Waals surface area contributed by atoms with Gasteiger partial charge in [-0.3, -0.25) is 4.79 Å². The Bertz CT molecular complexity index is 641. The van der Waals surface area contributed by atoms with E-state index in [1.165, 1.54) is 11.1 Å². The van der Waals surface area contributed by atoms with Gasteiger partial charge in [0.05, 0.1) is 5.69 Å². The number of nitrogens with one attached hydrogen (secondary N) is 1. The van der Waals surface area contributed by atoms with Gasteiger partial charge in [0.25, 0.3) is 5.56 Å². The quantitative estimate of drug-likeness (QED) is 0.880. The fourth-order valence-corrected chi connectivity index (χ4v) is 1.95. The molecule has 1 aromatic carbocycles. The monoisotopic (exact) mass is 242 g/mol. The summed E-state index contributed by atoms with van der Waals surface area (Å²) in [6.07, 6.45) is 0.771. The molecule has 0 aliphatic carbocycles. The number of hydrogen-bond donors (Lipinski definition) is 1. The number of benzene rings is 1. The van der Waals surface area contributed by atoms with E-state index in [2.05, 4.69) is 35.9 Å². The predicted octanol–water partition coefficient (Wildman–Crippen LogP) is 2.92. The van der Waals surface area contributed by atoms with Crippen molar-refractivity contribution in [3.63, 3.8) is 0 Å². The van der Waals surface area contributed by atoms with Crippen molar-refractivity contribution in [2.75, 3.05) is 0 Å². The zero-order valence-electron chi connectivity index (χ0n) is 11.3. The number of hydrogen-bond acceptors (Lipinski definition) is 2. The van der Waals surface area contributed by atoms with Crippen LogP contribution in [0.4, 0.5) is 0 Å². The van der Waals surface area contributed by atoms with Gasteiger partial charge in [0.1, 0.15) is 5.82 Å².